The molecular weight excluding hydrogens is 451 g/mol. The number of esters is 1. The lowest BCUT2D eigenvalue weighted by Crippen LogP contribution is -2.17. The summed E-state index contributed by atoms with van der Waals surface area (Å²) in [5.74, 6) is 0.0215. The number of halogens is 2. The Morgan fingerprint density at radius 3 is 2.31 bits per heavy atom. The molecule has 0 aliphatic carbocycles. The molecule has 0 atom stereocenters. The van der Waals surface area contributed by atoms with Crippen LogP contribution in [0.2, 0.25) is 10.0 Å². The first kappa shape index (κ1) is 23.1. The molecule has 0 unspecified atom stereocenters. The minimum Gasteiger partial charge on any atom is -0.490 e. The van der Waals surface area contributed by atoms with Gasteiger partial charge in [0.25, 0.3) is 5.91 Å². The number of carbonyl (C=O) groups excluding carboxylic acids is 2. The maximum absolute atomic E-state index is 12.2. The standard InChI is InChI=1S/C24H18Cl2N2O4/c1-2-13-31-19-10-5-17(6-11-19)23(29)28-27-15-16-3-8-20(9-4-16)32-24(30)21-12-7-18(25)14-22(21)26/h2-12,14-15H,1,13H2,(H,28,29)/b27-15-. The zero-order valence-electron chi connectivity index (χ0n) is 16.8. The third-order valence-corrected chi connectivity index (χ3v) is 4.65. The third-order valence-electron chi connectivity index (χ3n) is 4.11. The van der Waals surface area contributed by atoms with Gasteiger partial charge in [0.1, 0.15) is 18.1 Å². The number of amides is 1. The lowest BCUT2D eigenvalue weighted by molar-refractivity contribution is 0.0734. The molecule has 0 radical (unpaired) electrons. The van der Waals surface area contributed by atoms with E-state index in [1.807, 2.05) is 0 Å². The number of nitrogens with zero attached hydrogens (tertiary/aromatic N) is 1. The van der Waals surface area contributed by atoms with Crippen LogP contribution in [0.1, 0.15) is 26.3 Å². The highest BCUT2D eigenvalue weighted by atomic mass is 35.5. The molecule has 0 bridgehead atoms. The van der Waals surface area contributed by atoms with E-state index in [0.29, 0.717) is 34.3 Å². The van der Waals surface area contributed by atoms with E-state index in [-0.39, 0.29) is 16.5 Å². The lowest BCUT2D eigenvalue weighted by Gasteiger charge is -2.06. The number of ether oxygens (including phenoxy) is 2. The molecule has 0 aromatic heterocycles. The van der Waals surface area contributed by atoms with Crippen molar-refractivity contribution in [3.05, 3.63) is 106 Å². The monoisotopic (exact) mass is 468 g/mol. The molecule has 8 heteroatoms. The van der Waals surface area contributed by atoms with Crippen LogP contribution in [0.25, 0.3) is 0 Å². The summed E-state index contributed by atoms with van der Waals surface area (Å²) in [4.78, 5) is 24.4. The maximum Gasteiger partial charge on any atom is 0.345 e. The average molecular weight is 469 g/mol. The lowest BCUT2D eigenvalue weighted by atomic mass is 10.2. The maximum atomic E-state index is 12.2. The molecule has 162 valence electrons. The normalized spacial score (nSPS) is 10.6. The van der Waals surface area contributed by atoms with Gasteiger partial charge in [-0.3, -0.25) is 4.79 Å². The van der Waals surface area contributed by atoms with Crippen LogP contribution in [0.4, 0.5) is 0 Å². The van der Waals surface area contributed by atoms with Crippen LogP contribution in [-0.4, -0.2) is 24.7 Å². The topological polar surface area (TPSA) is 77.0 Å². The molecule has 0 heterocycles. The number of carbonyl (C=O) groups is 2. The number of benzene rings is 3. The van der Waals surface area contributed by atoms with Crippen molar-refractivity contribution in [1.82, 2.24) is 5.43 Å². The van der Waals surface area contributed by atoms with Crippen molar-refractivity contribution in [2.75, 3.05) is 6.61 Å². The van der Waals surface area contributed by atoms with Gasteiger partial charge in [0.05, 0.1) is 16.8 Å². The summed E-state index contributed by atoms with van der Waals surface area (Å²) in [5.41, 5.74) is 3.80. The van der Waals surface area contributed by atoms with Crippen LogP contribution in [-0.2, 0) is 0 Å². The summed E-state index contributed by atoms with van der Waals surface area (Å²) < 4.78 is 10.7. The Kier molecular flexibility index (Phi) is 8.02. The number of rotatable bonds is 8. The van der Waals surface area contributed by atoms with E-state index >= 15 is 0 Å². The smallest absolute Gasteiger partial charge is 0.345 e. The van der Waals surface area contributed by atoms with E-state index in [0.717, 1.165) is 0 Å². The van der Waals surface area contributed by atoms with E-state index in [1.165, 1.54) is 18.3 Å². The summed E-state index contributed by atoms with van der Waals surface area (Å²) in [6.07, 6.45) is 3.11. The molecule has 32 heavy (non-hydrogen) atoms. The predicted octanol–water partition coefficient (Wildman–Crippen LogP) is 5.54. The van der Waals surface area contributed by atoms with Gasteiger partial charge in [-0.1, -0.05) is 35.9 Å². The van der Waals surface area contributed by atoms with Gasteiger partial charge < -0.3 is 9.47 Å². The first-order chi connectivity index (χ1) is 15.5. The van der Waals surface area contributed by atoms with Crippen molar-refractivity contribution in [2.24, 2.45) is 5.10 Å². The van der Waals surface area contributed by atoms with Crippen molar-refractivity contribution >= 4 is 41.3 Å². The molecule has 0 saturated carbocycles. The van der Waals surface area contributed by atoms with Gasteiger partial charge in [-0.15, -0.1) is 0 Å². The molecule has 1 amide bonds. The summed E-state index contributed by atoms with van der Waals surface area (Å²) in [6, 6.07) is 17.8. The van der Waals surface area contributed by atoms with Crippen molar-refractivity contribution < 1.29 is 19.1 Å². The predicted molar refractivity (Wildman–Crippen MR) is 125 cm³/mol. The van der Waals surface area contributed by atoms with Crippen LogP contribution < -0.4 is 14.9 Å². The minimum absolute atomic E-state index is 0.209. The van der Waals surface area contributed by atoms with Crippen LogP contribution in [0, 0.1) is 0 Å². The van der Waals surface area contributed by atoms with Crippen LogP contribution >= 0.6 is 23.2 Å². The molecular formula is C24H18Cl2N2O4. The van der Waals surface area contributed by atoms with E-state index < -0.39 is 5.97 Å². The SMILES string of the molecule is C=CCOc1ccc(C(=O)N/N=C\c2ccc(OC(=O)c3ccc(Cl)cc3Cl)cc2)cc1. The Hall–Kier alpha value is -3.61. The quantitative estimate of drug-likeness (QED) is 0.155. The van der Waals surface area contributed by atoms with Crippen LogP contribution in [0.15, 0.2) is 84.5 Å². The van der Waals surface area contributed by atoms with E-state index in [9.17, 15) is 9.59 Å². The van der Waals surface area contributed by atoms with Crippen LogP contribution in [0.3, 0.4) is 0 Å². The Labute approximate surface area is 195 Å². The Morgan fingerprint density at radius 1 is 0.969 bits per heavy atom. The largest absolute Gasteiger partial charge is 0.490 e. The fourth-order valence-electron chi connectivity index (χ4n) is 2.53. The zero-order valence-corrected chi connectivity index (χ0v) is 18.3. The summed E-state index contributed by atoms with van der Waals surface area (Å²) in [5, 5.41) is 4.58. The van der Waals surface area contributed by atoms with Gasteiger partial charge in [-0.05, 0) is 72.3 Å². The number of hydrogen-bond acceptors (Lipinski definition) is 5. The Morgan fingerprint density at radius 2 is 1.66 bits per heavy atom. The zero-order chi connectivity index (χ0) is 22.9. The van der Waals surface area contributed by atoms with Gasteiger partial charge in [-0.2, -0.15) is 5.10 Å². The van der Waals surface area contributed by atoms with E-state index in [4.69, 9.17) is 32.7 Å². The summed E-state index contributed by atoms with van der Waals surface area (Å²) in [7, 11) is 0. The molecule has 3 rings (SSSR count). The fraction of sp³-hybridized carbons (Fsp3) is 0.0417. The first-order valence-electron chi connectivity index (χ1n) is 9.41. The average Bonchev–Trinajstić information content (AvgIpc) is 2.79. The highest BCUT2D eigenvalue weighted by Crippen LogP contribution is 2.23. The van der Waals surface area contributed by atoms with Crippen molar-refractivity contribution in [3.63, 3.8) is 0 Å². The Balaban J connectivity index is 1.54. The second-order valence-corrected chi connectivity index (χ2v) is 7.25. The molecule has 0 aliphatic rings. The van der Waals surface area contributed by atoms with Gasteiger partial charge in [0.15, 0.2) is 0 Å². The van der Waals surface area contributed by atoms with Crippen LogP contribution in [0.5, 0.6) is 11.5 Å². The number of nitrogens with one attached hydrogen (secondary N) is 1. The second kappa shape index (κ2) is 11.1. The van der Waals surface area contributed by atoms with Gasteiger partial charge >= 0.3 is 5.97 Å². The van der Waals surface area contributed by atoms with Gasteiger partial charge in [0, 0.05) is 10.6 Å². The van der Waals surface area contributed by atoms with E-state index in [2.05, 4.69) is 17.1 Å². The fourth-order valence-corrected chi connectivity index (χ4v) is 3.01. The van der Waals surface area contributed by atoms with E-state index in [1.54, 1.807) is 60.7 Å². The summed E-state index contributed by atoms with van der Waals surface area (Å²) >= 11 is 11.9. The molecule has 1 N–H and O–H groups in total. The van der Waals surface area contributed by atoms with Gasteiger partial charge in [-0.25, -0.2) is 10.2 Å². The molecule has 3 aromatic carbocycles. The number of hydrogen-bond donors (Lipinski definition) is 1. The Bertz CT molecular complexity index is 1140. The summed E-state index contributed by atoms with van der Waals surface area (Å²) in [6.45, 7) is 3.97. The minimum atomic E-state index is -0.596. The molecule has 3 aromatic rings. The highest BCUT2D eigenvalue weighted by Gasteiger charge is 2.13. The number of hydrazone groups is 1. The molecule has 0 spiro atoms. The third kappa shape index (κ3) is 6.44. The van der Waals surface area contributed by atoms with Crippen molar-refractivity contribution in [2.45, 2.75) is 0 Å². The van der Waals surface area contributed by atoms with Crippen molar-refractivity contribution in [3.8, 4) is 11.5 Å². The highest BCUT2D eigenvalue weighted by molar-refractivity contribution is 6.36. The molecule has 0 aliphatic heterocycles. The molecule has 0 fully saturated rings. The molecule has 0 saturated heterocycles. The second-order valence-electron chi connectivity index (χ2n) is 6.41. The molecule has 6 nitrogen and oxygen atoms in total. The first-order valence-corrected chi connectivity index (χ1v) is 10.2. The van der Waals surface area contributed by atoms with Gasteiger partial charge in [0.2, 0.25) is 0 Å². The van der Waals surface area contributed by atoms with Crippen molar-refractivity contribution in [1.29, 1.82) is 0 Å².